The van der Waals surface area contributed by atoms with Crippen molar-refractivity contribution in [2.75, 3.05) is 14.2 Å². The molecular weight excluding hydrogens is 265 g/mol. The number of hydrogen-bond acceptors (Lipinski definition) is 3. The zero-order valence-electron chi connectivity index (χ0n) is 9.35. The molecule has 17 heavy (non-hydrogen) atoms. The Labute approximate surface area is 111 Å². The number of aromatic amines is 1. The van der Waals surface area contributed by atoms with E-state index in [1.807, 2.05) is 24.3 Å². The maximum absolute atomic E-state index is 11.6. The number of nitrogens with one attached hydrogen (secondary N) is 1. The maximum Gasteiger partial charge on any atom is 0.293 e. The van der Waals surface area contributed by atoms with Gasteiger partial charge in [-0.2, -0.15) is 0 Å². The highest BCUT2D eigenvalue weighted by Crippen LogP contribution is 2.27. The van der Waals surface area contributed by atoms with Crippen molar-refractivity contribution in [3.63, 3.8) is 0 Å². The van der Waals surface area contributed by atoms with E-state index >= 15 is 0 Å². The SMILES string of the molecule is COc1[nH]c(=O)c(OC)c2ccccc12.Cl.Cl. The minimum absolute atomic E-state index is 0. The average molecular weight is 278 g/mol. The summed E-state index contributed by atoms with van der Waals surface area (Å²) in [6.07, 6.45) is 0. The lowest BCUT2D eigenvalue weighted by molar-refractivity contribution is 0.391. The van der Waals surface area contributed by atoms with Gasteiger partial charge in [0.1, 0.15) is 0 Å². The summed E-state index contributed by atoms with van der Waals surface area (Å²) in [6, 6.07) is 7.42. The molecule has 0 aliphatic heterocycles. The Morgan fingerprint density at radius 3 is 2.12 bits per heavy atom. The molecule has 2 rings (SSSR count). The van der Waals surface area contributed by atoms with Crippen LogP contribution in [0.4, 0.5) is 0 Å². The molecule has 2 aromatic rings. The molecule has 0 amide bonds. The van der Waals surface area contributed by atoms with Crippen molar-refractivity contribution < 1.29 is 9.47 Å². The van der Waals surface area contributed by atoms with Gasteiger partial charge < -0.3 is 9.47 Å². The van der Waals surface area contributed by atoms with Crippen LogP contribution in [0.15, 0.2) is 29.1 Å². The van der Waals surface area contributed by atoms with Crippen LogP contribution >= 0.6 is 24.8 Å². The Morgan fingerprint density at radius 2 is 1.59 bits per heavy atom. The van der Waals surface area contributed by atoms with Crippen molar-refractivity contribution in [3.8, 4) is 11.6 Å². The van der Waals surface area contributed by atoms with Gasteiger partial charge in [0.15, 0.2) is 5.75 Å². The summed E-state index contributed by atoms with van der Waals surface area (Å²) in [4.78, 5) is 14.2. The van der Waals surface area contributed by atoms with E-state index in [-0.39, 0.29) is 30.4 Å². The molecule has 0 spiro atoms. The van der Waals surface area contributed by atoms with Crippen LogP contribution in [0.25, 0.3) is 10.8 Å². The Balaban J connectivity index is 0.00000128. The molecule has 1 aromatic heterocycles. The molecule has 0 fully saturated rings. The van der Waals surface area contributed by atoms with Crippen LogP contribution in [0, 0.1) is 0 Å². The predicted octanol–water partition coefficient (Wildman–Crippen LogP) is 2.39. The minimum Gasteiger partial charge on any atom is -0.491 e. The number of methoxy groups -OCH3 is 2. The molecule has 94 valence electrons. The van der Waals surface area contributed by atoms with Crippen LogP contribution < -0.4 is 15.0 Å². The van der Waals surface area contributed by atoms with Crippen LogP contribution in [-0.2, 0) is 0 Å². The first-order valence-corrected chi connectivity index (χ1v) is 4.51. The Bertz CT molecular complexity index is 554. The monoisotopic (exact) mass is 277 g/mol. The van der Waals surface area contributed by atoms with Crippen molar-refractivity contribution in [1.29, 1.82) is 0 Å². The number of hydrogen-bond donors (Lipinski definition) is 1. The summed E-state index contributed by atoms with van der Waals surface area (Å²) in [5.41, 5.74) is -0.284. The van der Waals surface area contributed by atoms with E-state index in [0.717, 1.165) is 10.8 Å². The summed E-state index contributed by atoms with van der Waals surface area (Å²) in [7, 11) is 2.99. The van der Waals surface area contributed by atoms with Gasteiger partial charge in [-0.3, -0.25) is 9.78 Å². The van der Waals surface area contributed by atoms with E-state index in [2.05, 4.69) is 4.98 Å². The number of aromatic nitrogens is 1. The molecule has 1 aromatic carbocycles. The van der Waals surface area contributed by atoms with Crippen LogP contribution in [-0.4, -0.2) is 19.2 Å². The molecule has 4 nitrogen and oxygen atoms in total. The highest BCUT2D eigenvalue weighted by molar-refractivity contribution is 5.91. The number of H-pyrrole nitrogens is 1. The molecule has 0 unspecified atom stereocenters. The van der Waals surface area contributed by atoms with Crippen LogP contribution in [0.3, 0.4) is 0 Å². The van der Waals surface area contributed by atoms with Crippen molar-refractivity contribution >= 4 is 35.6 Å². The van der Waals surface area contributed by atoms with E-state index in [1.54, 1.807) is 0 Å². The van der Waals surface area contributed by atoms with Gasteiger partial charge in [-0.25, -0.2) is 0 Å². The van der Waals surface area contributed by atoms with E-state index in [0.29, 0.717) is 11.6 Å². The van der Waals surface area contributed by atoms with Gasteiger partial charge in [0, 0.05) is 10.8 Å². The number of halogens is 2. The molecule has 0 atom stereocenters. The highest BCUT2D eigenvalue weighted by Gasteiger charge is 2.10. The molecule has 6 heteroatoms. The Morgan fingerprint density at radius 1 is 1.00 bits per heavy atom. The van der Waals surface area contributed by atoms with Crippen LogP contribution in [0.5, 0.6) is 11.6 Å². The van der Waals surface area contributed by atoms with Crippen molar-refractivity contribution in [2.24, 2.45) is 0 Å². The van der Waals surface area contributed by atoms with Gasteiger partial charge in [-0.15, -0.1) is 24.8 Å². The third kappa shape index (κ3) is 2.65. The van der Waals surface area contributed by atoms with E-state index in [9.17, 15) is 4.79 Å². The van der Waals surface area contributed by atoms with Gasteiger partial charge >= 0.3 is 0 Å². The standard InChI is InChI=1S/C11H11NO3.2ClH/c1-14-9-7-5-3-4-6-8(7)11(15-2)12-10(9)13;;/h3-6H,1-2H3,(H,12,13);2*1H. The average Bonchev–Trinajstić information content (AvgIpc) is 2.28. The summed E-state index contributed by atoms with van der Waals surface area (Å²) in [5, 5.41) is 1.58. The summed E-state index contributed by atoms with van der Waals surface area (Å²) >= 11 is 0. The highest BCUT2D eigenvalue weighted by atomic mass is 35.5. The second-order valence-electron chi connectivity index (χ2n) is 3.07. The van der Waals surface area contributed by atoms with Crippen molar-refractivity contribution in [1.82, 2.24) is 4.98 Å². The number of benzene rings is 1. The number of pyridine rings is 1. The number of fused-ring (bicyclic) bond motifs is 1. The fourth-order valence-corrected chi connectivity index (χ4v) is 1.59. The smallest absolute Gasteiger partial charge is 0.293 e. The Hall–Kier alpha value is -1.39. The third-order valence-electron chi connectivity index (χ3n) is 2.26. The summed E-state index contributed by atoms with van der Waals surface area (Å²) in [6.45, 7) is 0. The zero-order chi connectivity index (χ0) is 10.8. The minimum atomic E-state index is -0.284. The molecule has 1 heterocycles. The largest absolute Gasteiger partial charge is 0.491 e. The number of rotatable bonds is 2. The van der Waals surface area contributed by atoms with Gasteiger partial charge in [-0.05, 0) is 6.07 Å². The van der Waals surface area contributed by atoms with Gasteiger partial charge in [0.2, 0.25) is 5.88 Å². The first-order valence-electron chi connectivity index (χ1n) is 4.51. The molecule has 0 bridgehead atoms. The molecule has 0 saturated carbocycles. The predicted molar refractivity (Wildman–Crippen MR) is 72.2 cm³/mol. The zero-order valence-corrected chi connectivity index (χ0v) is 11.0. The molecule has 0 saturated heterocycles. The van der Waals surface area contributed by atoms with Crippen molar-refractivity contribution in [2.45, 2.75) is 0 Å². The van der Waals surface area contributed by atoms with Crippen molar-refractivity contribution in [3.05, 3.63) is 34.6 Å². The van der Waals surface area contributed by atoms with Gasteiger partial charge in [0.25, 0.3) is 5.56 Å². The number of ether oxygens (including phenoxy) is 2. The molecule has 1 N–H and O–H groups in total. The molecule has 0 aliphatic rings. The first kappa shape index (κ1) is 15.6. The summed E-state index contributed by atoms with van der Waals surface area (Å²) in [5.74, 6) is 0.766. The quantitative estimate of drug-likeness (QED) is 0.917. The maximum atomic E-state index is 11.6. The lowest BCUT2D eigenvalue weighted by Gasteiger charge is -2.08. The summed E-state index contributed by atoms with van der Waals surface area (Å²) < 4.78 is 10.2. The van der Waals surface area contributed by atoms with Gasteiger partial charge in [0.05, 0.1) is 14.2 Å². The van der Waals surface area contributed by atoms with Gasteiger partial charge in [-0.1, -0.05) is 18.2 Å². The second kappa shape index (κ2) is 6.37. The second-order valence-corrected chi connectivity index (χ2v) is 3.07. The van der Waals surface area contributed by atoms with Crippen LogP contribution in [0.2, 0.25) is 0 Å². The fraction of sp³-hybridized carbons (Fsp3) is 0.182. The molecule has 0 radical (unpaired) electrons. The lowest BCUT2D eigenvalue weighted by Crippen LogP contribution is -2.10. The van der Waals surface area contributed by atoms with E-state index in [4.69, 9.17) is 9.47 Å². The molecule has 0 aliphatic carbocycles. The Kier molecular flexibility index (Phi) is 5.85. The van der Waals surface area contributed by atoms with E-state index < -0.39 is 0 Å². The first-order chi connectivity index (χ1) is 7.27. The molecular formula is C11H13Cl2NO3. The van der Waals surface area contributed by atoms with E-state index in [1.165, 1.54) is 14.2 Å². The normalized spacial score (nSPS) is 9.06. The third-order valence-corrected chi connectivity index (χ3v) is 2.26. The van der Waals surface area contributed by atoms with Crippen LogP contribution in [0.1, 0.15) is 0 Å². The lowest BCUT2D eigenvalue weighted by atomic mass is 10.1. The topological polar surface area (TPSA) is 51.3 Å². The fourth-order valence-electron chi connectivity index (χ4n) is 1.59.